The predicted octanol–water partition coefficient (Wildman–Crippen LogP) is 2.90. The molecule has 0 atom stereocenters. The van der Waals surface area contributed by atoms with Crippen LogP contribution in [0.15, 0.2) is 60.8 Å². The SMILES string of the molecule is O=C(Nc1nn(Cc2ccccc2)c2cccc(N3CCOCC3)c12)c1ccn[nH]1. The molecule has 152 valence electrons. The van der Waals surface area contributed by atoms with Gasteiger partial charge in [0.1, 0.15) is 5.69 Å². The van der Waals surface area contributed by atoms with Gasteiger partial charge >= 0.3 is 0 Å². The van der Waals surface area contributed by atoms with Crippen molar-refractivity contribution in [3.8, 4) is 0 Å². The van der Waals surface area contributed by atoms with E-state index in [1.54, 1.807) is 12.3 Å². The molecule has 1 saturated heterocycles. The summed E-state index contributed by atoms with van der Waals surface area (Å²) >= 11 is 0. The zero-order valence-corrected chi connectivity index (χ0v) is 16.4. The van der Waals surface area contributed by atoms with Gasteiger partial charge in [-0.3, -0.25) is 14.6 Å². The molecule has 1 amide bonds. The Kier molecular flexibility index (Phi) is 4.90. The highest BCUT2D eigenvalue weighted by Gasteiger charge is 2.21. The van der Waals surface area contributed by atoms with Crippen LogP contribution in [0, 0.1) is 0 Å². The number of aromatic amines is 1. The summed E-state index contributed by atoms with van der Waals surface area (Å²) in [5, 5.41) is 15.3. The first-order chi connectivity index (χ1) is 14.8. The summed E-state index contributed by atoms with van der Waals surface area (Å²) in [7, 11) is 0. The van der Waals surface area contributed by atoms with Crippen LogP contribution in [0.2, 0.25) is 0 Å². The van der Waals surface area contributed by atoms with Crippen LogP contribution in [0.25, 0.3) is 10.9 Å². The zero-order valence-electron chi connectivity index (χ0n) is 16.4. The standard InChI is InChI=1S/C22H22N6O2/c29-22(17-9-10-23-25-17)24-21-20-18(27-11-13-30-14-12-27)7-4-8-19(20)28(26-21)15-16-5-2-1-3-6-16/h1-10H,11-15H2,(H,23,25)(H,24,26,29). The number of hydrogen-bond acceptors (Lipinski definition) is 5. The summed E-state index contributed by atoms with van der Waals surface area (Å²) in [6.45, 7) is 3.59. The van der Waals surface area contributed by atoms with Crippen molar-refractivity contribution in [2.24, 2.45) is 0 Å². The van der Waals surface area contributed by atoms with Crippen LogP contribution in [0.1, 0.15) is 16.1 Å². The predicted molar refractivity (Wildman–Crippen MR) is 115 cm³/mol. The highest BCUT2D eigenvalue weighted by atomic mass is 16.5. The van der Waals surface area contributed by atoms with Crippen LogP contribution in [0.5, 0.6) is 0 Å². The number of amides is 1. The van der Waals surface area contributed by atoms with Gasteiger partial charge in [-0.2, -0.15) is 10.2 Å². The number of nitrogens with one attached hydrogen (secondary N) is 2. The van der Waals surface area contributed by atoms with Crippen LogP contribution in [0.3, 0.4) is 0 Å². The molecule has 0 unspecified atom stereocenters. The first kappa shape index (κ1) is 18.4. The van der Waals surface area contributed by atoms with Crippen molar-refractivity contribution in [2.75, 3.05) is 36.5 Å². The maximum atomic E-state index is 12.7. The molecule has 8 nitrogen and oxygen atoms in total. The molecule has 1 aliphatic rings. The maximum Gasteiger partial charge on any atom is 0.274 e. The quantitative estimate of drug-likeness (QED) is 0.536. The lowest BCUT2D eigenvalue weighted by Crippen LogP contribution is -2.36. The number of carbonyl (C=O) groups excluding carboxylic acids is 1. The van der Waals surface area contributed by atoms with Gasteiger partial charge in [0.25, 0.3) is 5.91 Å². The van der Waals surface area contributed by atoms with Crippen LogP contribution in [-0.4, -0.2) is 52.2 Å². The molecule has 5 rings (SSSR count). The first-order valence-electron chi connectivity index (χ1n) is 9.96. The van der Waals surface area contributed by atoms with Crippen LogP contribution >= 0.6 is 0 Å². The highest BCUT2D eigenvalue weighted by molar-refractivity contribution is 6.10. The number of benzene rings is 2. The largest absolute Gasteiger partial charge is 0.378 e. The average molecular weight is 402 g/mol. The molecular weight excluding hydrogens is 380 g/mol. The number of morpholine rings is 1. The summed E-state index contributed by atoms with van der Waals surface area (Å²) in [6, 6.07) is 18.0. The highest BCUT2D eigenvalue weighted by Crippen LogP contribution is 2.34. The number of ether oxygens (including phenoxy) is 1. The van der Waals surface area contributed by atoms with E-state index in [9.17, 15) is 4.79 Å². The summed E-state index contributed by atoms with van der Waals surface area (Å²) < 4.78 is 7.46. The normalized spacial score (nSPS) is 14.2. The molecule has 0 spiro atoms. The van der Waals surface area contributed by atoms with E-state index in [2.05, 4.69) is 38.6 Å². The van der Waals surface area contributed by atoms with Gasteiger partial charge in [-0.05, 0) is 23.8 Å². The molecule has 4 aromatic rings. The number of rotatable bonds is 5. The number of nitrogens with zero attached hydrogens (tertiary/aromatic N) is 4. The molecule has 0 radical (unpaired) electrons. The van der Waals surface area contributed by atoms with E-state index in [0.717, 1.165) is 35.2 Å². The fourth-order valence-electron chi connectivity index (χ4n) is 3.80. The Hall–Kier alpha value is -3.65. The maximum absolute atomic E-state index is 12.7. The monoisotopic (exact) mass is 402 g/mol. The second kappa shape index (κ2) is 8.00. The minimum Gasteiger partial charge on any atom is -0.378 e. The van der Waals surface area contributed by atoms with Crippen molar-refractivity contribution in [1.82, 2.24) is 20.0 Å². The summed E-state index contributed by atoms with van der Waals surface area (Å²) in [5.74, 6) is 0.276. The van der Waals surface area contributed by atoms with Crippen LogP contribution < -0.4 is 10.2 Å². The summed E-state index contributed by atoms with van der Waals surface area (Å²) in [4.78, 5) is 15.0. The molecule has 2 aromatic heterocycles. The van der Waals surface area contributed by atoms with Crippen LogP contribution in [-0.2, 0) is 11.3 Å². The van der Waals surface area contributed by atoms with E-state index in [4.69, 9.17) is 9.84 Å². The second-order valence-electron chi connectivity index (χ2n) is 7.19. The lowest BCUT2D eigenvalue weighted by molar-refractivity contribution is 0.102. The number of hydrogen-bond donors (Lipinski definition) is 2. The molecule has 2 N–H and O–H groups in total. The molecule has 1 fully saturated rings. The van der Waals surface area contributed by atoms with Crippen molar-refractivity contribution in [3.05, 3.63) is 72.1 Å². The number of H-pyrrole nitrogens is 1. The number of fused-ring (bicyclic) bond motifs is 1. The Bertz CT molecular complexity index is 1150. The molecule has 30 heavy (non-hydrogen) atoms. The van der Waals surface area contributed by atoms with Crippen molar-refractivity contribution in [2.45, 2.75) is 6.54 Å². The molecule has 3 heterocycles. The fourth-order valence-corrected chi connectivity index (χ4v) is 3.80. The first-order valence-corrected chi connectivity index (χ1v) is 9.96. The third-order valence-corrected chi connectivity index (χ3v) is 5.26. The molecule has 1 aliphatic heterocycles. The lowest BCUT2D eigenvalue weighted by atomic mass is 10.1. The molecule has 2 aromatic carbocycles. The van der Waals surface area contributed by atoms with Gasteiger partial charge < -0.3 is 15.0 Å². The van der Waals surface area contributed by atoms with Gasteiger partial charge in [-0.15, -0.1) is 0 Å². The average Bonchev–Trinajstić information content (AvgIpc) is 3.44. The lowest BCUT2D eigenvalue weighted by Gasteiger charge is -2.29. The molecular formula is C22H22N6O2. The zero-order chi connectivity index (χ0) is 20.3. The van der Waals surface area contributed by atoms with Crippen molar-refractivity contribution >= 4 is 28.3 Å². The van der Waals surface area contributed by atoms with Gasteiger partial charge in [0.05, 0.1) is 36.3 Å². The Balaban J connectivity index is 1.59. The third kappa shape index (κ3) is 3.53. The minimum atomic E-state index is -0.268. The Morgan fingerprint density at radius 1 is 1.07 bits per heavy atom. The fraction of sp³-hybridized carbons (Fsp3) is 0.227. The van der Waals surface area contributed by atoms with E-state index < -0.39 is 0 Å². The van der Waals surface area contributed by atoms with E-state index in [-0.39, 0.29) is 5.91 Å². The van der Waals surface area contributed by atoms with E-state index in [1.807, 2.05) is 35.0 Å². The minimum absolute atomic E-state index is 0.268. The number of carbonyl (C=O) groups is 1. The van der Waals surface area contributed by atoms with Gasteiger partial charge in [-0.1, -0.05) is 36.4 Å². The Morgan fingerprint density at radius 3 is 2.67 bits per heavy atom. The molecule has 0 aliphatic carbocycles. The van der Waals surface area contributed by atoms with Gasteiger partial charge in [0.2, 0.25) is 0 Å². The van der Waals surface area contributed by atoms with Gasteiger partial charge in [0.15, 0.2) is 5.82 Å². The van der Waals surface area contributed by atoms with Crippen molar-refractivity contribution < 1.29 is 9.53 Å². The third-order valence-electron chi connectivity index (χ3n) is 5.26. The van der Waals surface area contributed by atoms with Gasteiger partial charge in [-0.25, -0.2) is 0 Å². The van der Waals surface area contributed by atoms with E-state index in [1.165, 1.54) is 0 Å². The summed E-state index contributed by atoms with van der Waals surface area (Å²) in [5.41, 5.74) is 3.56. The summed E-state index contributed by atoms with van der Waals surface area (Å²) in [6.07, 6.45) is 1.56. The number of anilines is 2. The second-order valence-corrected chi connectivity index (χ2v) is 7.19. The molecule has 0 saturated carbocycles. The molecule has 0 bridgehead atoms. The molecule has 8 heteroatoms. The van der Waals surface area contributed by atoms with Gasteiger partial charge in [0, 0.05) is 19.3 Å². The van der Waals surface area contributed by atoms with E-state index in [0.29, 0.717) is 31.3 Å². The van der Waals surface area contributed by atoms with Crippen LogP contribution in [0.4, 0.5) is 11.5 Å². The topological polar surface area (TPSA) is 88.1 Å². The van der Waals surface area contributed by atoms with E-state index >= 15 is 0 Å². The Morgan fingerprint density at radius 2 is 1.90 bits per heavy atom. The Labute approximate surface area is 173 Å². The number of aromatic nitrogens is 4. The van der Waals surface area contributed by atoms with Crippen molar-refractivity contribution in [1.29, 1.82) is 0 Å². The van der Waals surface area contributed by atoms with Crippen molar-refractivity contribution in [3.63, 3.8) is 0 Å². The smallest absolute Gasteiger partial charge is 0.274 e.